The molecule has 1 saturated heterocycles. The Morgan fingerprint density at radius 2 is 2.37 bits per heavy atom. The molecule has 1 aliphatic heterocycles. The van der Waals surface area contributed by atoms with E-state index < -0.39 is 0 Å². The molecule has 0 saturated carbocycles. The number of carbonyl (C=O) groups excluding carboxylic acids is 1. The van der Waals surface area contributed by atoms with Gasteiger partial charge in [-0.15, -0.1) is 0 Å². The Morgan fingerprint density at radius 3 is 2.95 bits per heavy atom. The van der Waals surface area contributed by atoms with E-state index in [1.165, 1.54) is 0 Å². The van der Waals surface area contributed by atoms with E-state index in [-0.39, 0.29) is 17.6 Å². The summed E-state index contributed by atoms with van der Waals surface area (Å²) in [6.07, 6.45) is 1.72. The van der Waals surface area contributed by atoms with Crippen LogP contribution in [0.1, 0.15) is 29.9 Å². The van der Waals surface area contributed by atoms with Gasteiger partial charge in [0.1, 0.15) is 0 Å². The molecule has 1 amide bonds. The number of aromatic amines is 1. The number of nitrogens with zero attached hydrogens (tertiary/aromatic N) is 1. The first kappa shape index (κ1) is 14.1. The van der Waals surface area contributed by atoms with Gasteiger partial charge in [-0.25, -0.2) is 0 Å². The van der Waals surface area contributed by atoms with E-state index in [9.17, 15) is 4.79 Å². The van der Waals surface area contributed by atoms with Gasteiger partial charge in [-0.3, -0.25) is 4.79 Å². The second-order valence-corrected chi connectivity index (χ2v) is 5.66. The number of rotatable bonds is 3. The zero-order chi connectivity index (χ0) is 14.0. The van der Waals surface area contributed by atoms with Crippen molar-refractivity contribution in [2.24, 2.45) is 0 Å². The van der Waals surface area contributed by atoms with Gasteiger partial charge in [0, 0.05) is 32.1 Å². The fraction of sp³-hybridized carbons (Fsp3) is 0.643. The lowest BCUT2D eigenvalue weighted by molar-refractivity contribution is -0.143. The number of aromatic nitrogens is 1. The number of amides is 1. The highest BCUT2D eigenvalue weighted by Crippen LogP contribution is 2.23. The summed E-state index contributed by atoms with van der Waals surface area (Å²) in [6, 6.07) is 1.82. The largest absolute Gasteiger partial charge is 0.382 e. The average Bonchev–Trinajstić information content (AvgIpc) is 2.73. The number of aryl methyl sites for hydroxylation is 1. The summed E-state index contributed by atoms with van der Waals surface area (Å²) >= 11 is 0. The molecule has 2 heterocycles. The van der Waals surface area contributed by atoms with E-state index in [1.54, 1.807) is 13.3 Å². The number of H-pyrrole nitrogens is 1. The van der Waals surface area contributed by atoms with Crippen LogP contribution in [0.4, 0.5) is 0 Å². The minimum absolute atomic E-state index is 0.0521. The molecule has 5 nitrogen and oxygen atoms in total. The van der Waals surface area contributed by atoms with Crippen molar-refractivity contribution in [3.63, 3.8) is 0 Å². The Bertz CT molecular complexity index is 453. The number of ether oxygens (including phenoxy) is 2. The van der Waals surface area contributed by atoms with Gasteiger partial charge in [0.25, 0.3) is 5.91 Å². The molecule has 106 valence electrons. The van der Waals surface area contributed by atoms with Crippen LogP contribution in [0, 0.1) is 6.92 Å². The van der Waals surface area contributed by atoms with Crippen LogP contribution >= 0.6 is 0 Å². The predicted molar refractivity (Wildman–Crippen MR) is 72.3 cm³/mol. The maximum Gasteiger partial charge on any atom is 0.255 e. The van der Waals surface area contributed by atoms with Crippen LogP contribution in [0.5, 0.6) is 0 Å². The highest BCUT2D eigenvalue weighted by atomic mass is 16.5. The first-order chi connectivity index (χ1) is 8.93. The smallest absolute Gasteiger partial charge is 0.255 e. The molecule has 0 radical (unpaired) electrons. The molecule has 0 aromatic carbocycles. The Morgan fingerprint density at radius 1 is 1.63 bits per heavy atom. The molecule has 1 aliphatic rings. The second kappa shape index (κ2) is 5.35. The number of hydrogen-bond donors (Lipinski definition) is 1. The summed E-state index contributed by atoms with van der Waals surface area (Å²) in [7, 11) is 1.65. The minimum atomic E-state index is -0.346. The molecule has 1 atom stereocenters. The third kappa shape index (κ3) is 3.16. The van der Waals surface area contributed by atoms with Gasteiger partial charge < -0.3 is 19.4 Å². The third-order valence-corrected chi connectivity index (χ3v) is 3.31. The highest BCUT2D eigenvalue weighted by Gasteiger charge is 2.36. The van der Waals surface area contributed by atoms with Crippen molar-refractivity contribution in [3.05, 3.63) is 23.5 Å². The number of methoxy groups -OCH3 is 1. The zero-order valence-corrected chi connectivity index (χ0v) is 12.0. The summed E-state index contributed by atoms with van der Waals surface area (Å²) < 4.78 is 11.1. The average molecular weight is 266 g/mol. The van der Waals surface area contributed by atoms with Crippen LogP contribution in [0.2, 0.25) is 0 Å². The van der Waals surface area contributed by atoms with Gasteiger partial charge in [0.2, 0.25) is 0 Å². The first-order valence-corrected chi connectivity index (χ1v) is 6.53. The summed E-state index contributed by atoms with van der Waals surface area (Å²) in [5.41, 5.74) is 1.29. The van der Waals surface area contributed by atoms with E-state index in [4.69, 9.17) is 9.47 Å². The molecule has 5 heteroatoms. The van der Waals surface area contributed by atoms with Crippen LogP contribution in [0.15, 0.2) is 12.3 Å². The van der Waals surface area contributed by atoms with E-state index in [1.807, 2.05) is 31.7 Å². The van der Waals surface area contributed by atoms with Gasteiger partial charge in [0.15, 0.2) is 0 Å². The third-order valence-electron chi connectivity index (χ3n) is 3.31. The molecule has 1 aromatic rings. The van der Waals surface area contributed by atoms with Crippen LogP contribution in [0.3, 0.4) is 0 Å². The fourth-order valence-electron chi connectivity index (χ4n) is 2.58. The topological polar surface area (TPSA) is 54.6 Å². The van der Waals surface area contributed by atoms with Crippen molar-refractivity contribution >= 4 is 5.91 Å². The maximum atomic E-state index is 12.5. The lowest BCUT2D eigenvalue weighted by Gasteiger charge is -2.42. The predicted octanol–water partition coefficient (Wildman–Crippen LogP) is 1.59. The molecule has 1 N–H and O–H groups in total. The summed E-state index contributed by atoms with van der Waals surface area (Å²) in [5.74, 6) is 0.0521. The number of morpholine rings is 1. The Hall–Kier alpha value is -1.33. The van der Waals surface area contributed by atoms with Crippen LogP contribution in [-0.2, 0) is 9.47 Å². The molecule has 0 spiro atoms. The van der Waals surface area contributed by atoms with Gasteiger partial charge in [0.05, 0.1) is 23.9 Å². The second-order valence-electron chi connectivity index (χ2n) is 5.66. The standard InChI is InChI=1S/C14H22N2O3/c1-10-12(5-6-15-10)13(17)16-7-11(8-18-4)19-14(2,3)9-16/h5-6,11,15H,7-9H2,1-4H3. The van der Waals surface area contributed by atoms with E-state index in [2.05, 4.69) is 4.98 Å². The van der Waals surface area contributed by atoms with Crippen molar-refractivity contribution in [2.75, 3.05) is 26.8 Å². The van der Waals surface area contributed by atoms with Gasteiger partial charge in [-0.05, 0) is 26.8 Å². The SMILES string of the molecule is COCC1CN(C(=O)c2cc[nH]c2C)CC(C)(C)O1. The highest BCUT2D eigenvalue weighted by molar-refractivity contribution is 5.95. The van der Waals surface area contributed by atoms with Crippen molar-refractivity contribution in [1.29, 1.82) is 0 Å². The molecule has 1 unspecified atom stereocenters. The van der Waals surface area contributed by atoms with Gasteiger partial charge in [-0.2, -0.15) is 0 Å². The summed E-state index contributed by atoms with van der Waals surface area (Å²) in [4.78, 5) is 17.4. The fourth-order valence-corrected chi connectivity index (χ4v) is 2.58. The maximum absolute atomic E-state index is 12.5. The number of carbonyl (C=O) groups is 1. The molecule has 19 heavy (non-hydrogen) atoms. The lowest BCUT2D eigenvalue weighted by atomic mass is 10.0. The molecular formula is C14H22N2O3. The molecule has 1 fully saturated rings. The van der Waals surface area contributed by atoms with E-state index >= 15 is 0 Å². The van der Waals surface area contributed by atoms with Crippen LogP contribution in [-0.4, -0.2) is 54.3 Å². The summed E-state index contributed by atoms with van der Waals surface area (Å²) in [6.45, 7) is 7.57. The zero-order valence-electron chi connectivity index (χ0n) is 12.0. The molecule has 2 rings (SSSR count). The van der Waals surface area contributed by atoms with Gasteiger partial charge in [-0.1, -0.05) is 0 Å². The van der Waals surface area contributed by atoms with Crippen molar-refractivity contribution in [3.8, 4) is 0 Å². The van der Waals surface area contributed by atoms with Crippen molar-refractivity contribution in [2.45, 2.75) is 32.5 Å². The van der Waals surface area contributed by atoms with Crippen molar-refractivity contribution < 1.29 is 14.3 Å². The number of hydrogen-bond acceptors (Lipinski definition) is 3. The number of nitrogens with one attached hydrogen (secondary N) is 1. The normalized spacial score (nSPS) is 22.5. The molecule has 0 aliphatic carbocycles. The van der Waals surface area contributed by atoms with E-state index in [0.29, 0.717) is 19.7 Å². The Kier molecular flexibility index (Phi) is 3.96. The first-order valence-electron chi connectivity index (χ1n) is 6.53. The van der Waals surface area contributed by atoms with Crippen LogP contribution < -0.4 is 0 Å². The van der Waals surface area contributed by atoms with Crippen LogP contribution in [0.25, 0.3) is 0 Å². The Balaban J connectivity index is 2.15. The van der Waals surface area contributed by atoms with Gasteiger partial charge >= 0.3 is 0 Å². The quantitative estimate of drug-likeness (QED) is 0.904. The molecule has 0 bridgehead atoms. The Labute approximate surface area is 113 Å². The monoisotopic (exact) mass is 266 g/mol. The van der Waals surface area contributed by atoms with Crippen molar-refractivity contribution in [1.82, 2.24) is 9.88 Å². The lowest BCUT2D eigenvalue weighted by Crippen LogP contribution is -2.55. The molecule has 1 aromatic heterocycles. The van der Waals surface area contributed by atoms with E-state index in [0.717, 1.165) is 11.3 Å². The minimum Gasteiger partial charge on any atom is -0.382 e. The summed E-state index contributed by atoms with van der Waals surface area (Å²) in [5, 5.41) is 0. The molecular weight excluding hydrogens is 244 g/mol.